The van der Waals surface area contributed by atoms with E-state index in [4.69, 9.17) is 9.47 Å². The van der Waals surface area contributed by atoms with Crippen LogP contribution in [-0.2, 0) is 15.9 Å². The standard InChI is InChI=1S/C18H25N3O4/c22-15-12-14(13-2-1-6-19-16(13)20-15)17(23)21-7-3-18(25-11-8-21)4-9-24-10-5-18/h12H,1-11H2,(H2,19,20,22). The number of anilines is 1. The lowest BCUT2D eigenvalue weighted by molar-refractivity contribution is -0.105. The van der Waals surface area contributed by atoms with Crippen LogP contribution >= 0.6 is 0 Å². The summed E-state index contributed by atoms with van der Waals surface area (Å²) in [5.74, 6) is 0.646. The molecule has 25 heavy (non-hydrogen) atoms. The van der Waals surface area contributed by atoms with Gasteiger partial charge in [0.05, 0.1) is 17.8 Å². The highest BCUT2D eigenvalue weighted by Gasteiger charge is 2.37. The van der Waals surface area contributed by atoms with Crippen molar-refractivity contribution in [1.29, 1.82) is 0 Å². The average Bonchev–Trinajstić information content (AvgIpc) is 2.84. The molecule has 0 atom stereocenters. The van der Waals surface area contributed by atoms with Crippen molar-refractivity contribution < 1.29 is 14.3 Å². The van der Waals surface area contributed by atoms with E-state index in [1.807, 2.05) is 4.90 Å². The lowest BCUT2D eigenvalue weighted by atomic mass is 9.90. The molecule has 3 aliphatic rings. The van der Waals surface area contributed by atoms with Crippen LogP contribution < -0.4 is 10.9 Å². The van der Waals surface area contributed by atoms with Gasteiger partial charge in [0.2, 0.25) is 5.56 Å². The van der Waals surface area contributed by atoms with Crippen LogP contribution in [0.1, 0.15) is 41.6 Å². The number of aromatic nitrogens is 1. The number of nitrogens with zero attached hydrogens (tertiary/aromatic N) is 1. The van der Waals surface area contributed by atoms with E-state index in [9.17, 15) is 9.59 Å². The van der Waals surface area contributed by atoms with Gasteiger partial charge in [0.25, 0.3) is 5.91 Å². The molecule has 1 amide bonds. The molecule has 2 N–H and O–H groups in total. The second-order valence-electron chi connectivity index (χ2n) is 7.12. The zero-order valence-corrected chi connectivity index (χ0v) is 14.4. The van der Waals surface area contributed by atoms with Crippen LogP contribution in [0.2, 0.25) is 0 Å². The molecule has 0 saturated carbocycles. The van der Waals surface area contributed by atoms with Crippen LogP contribution in [0.25, 0.3) is 0 Å². The number of pyridine rings is 1. The lowest BCUT2D eigenvalue weighted by Gasteiger charge is -2.35. The van der Waals surface area contributed by atoms with Gasteiger partial charge in [-0.05, 0) is 32.1 Å². The number of aromatic amines is 1. The van der Waals surface area contributed by atoms with Crippen LogP contribution in [-0.4, -0.2) is 60.8 Å². The van der Waals surface area contributed by atoms with Gasteiger partial charge in [0, 0.05) is 44.5 Å². The summed E-state index contributed by atoms with van der Waals surface area (Å²) < 4.78 is 11.6. The number of nitrogens with one attached hydrogen (secondary N) is 2. The number of ether oxygens (including phenoxy) is 2. The van der Waals surface area contributed by atoms with Crippen molar-refractivity contribution in [2.45, 2.75) is 37.7 Å². The number of H-pyrrole nitrogens is 1. The monoisotopic (exact) mass is 347 g/mol. The minimum atomic E-state index is -0.233. The minimum Gasteiger partial charge on any atom is -0.381 e. The van der Waals surface area contributed by atoms with Gasteiger partial charge in [-0.3, -0.25) is 9.59 Å². The molecule has 0 aromatic carbocycles. The Morgan fingerprint density at radius 2 is 2.00 bits per heavy atom. The first-order valence-corrected chi connectivity index (χ1v) is 9.18. The molecule has 2 fully saturated rings. The van der Waals surface area contributed by atoms with Crippen LogP contribution in [0.3, 0.4) is 0 Å². The molecular weight excluding hydrogens is 322 g/mol. The summed E-state index contributed by atoms with van der Waals surface area (Å²) in [7, 11) is 0. The smallest absolute Gasteiger partial charge is 0.254 e. The summed E-state index contributed by atoms with van der Waals surface area (Å²) >= 11 is 0. The van der Waals surface area contributed by atoms with Crippen LogP contribution in [0.15, 0.2) is 10.9 Å². The fraction of sp³-hybridized carbons (Fsp3) is 0.667. The topological polar surface area (TPSA) is 83.7 Å². The first-order chi connectivity index (χ1) is 12.2. The van der Waals surface area contributed by atoms with Gasteiger partial charge in [-0.1, -0.05) is 0 Å². The van der Waals surface area contributed by atoms with E-state index in [2.05, 4.69) is 10.3 Å². The maximum absolute atomic E-state index is 13.1. The molecule has 7 nitrogen and oxygen atoms in total. The van der Waals surface area contributed by atoms with Gasteiger partial charge in [-0.15, -0.1) is 0 Å². The van der Waals surface area contributed by atoms with Gasteiger partial charge in [-0.2, -0.15) is 0 Å². The van der Waals surface area contributed by atoms with Crippen molar-refractivity contribution in [1.82, 2.24) is 9.88 Å². The lowest BCUT2D eigenvalue weighted by Crippen LogP contribution is -2.40. The van der Waals surface area contributed by atoms with E-state index in [0.29, 0.717) is 31.1 Å². The first kappa shape index (κ1) is 16.6. The Morgan fingerprint density at radius 1 is 1.16 bits per heavy atom. The normalized spacial score (nSPS) is 22.8. The van der Waals surface area contributed by atoms with Crippen molar-refractivity contribution in [3.05, 3.63) is 27.5 Å². The fourth-order valence-corrected chi connectivity index (χ4v) is 4.07. The molecule has 1 aromatic heterocycles. The molecule has 0 unspecified atom stereocenters. The number of rotatable bonds is 1. The molecule has 136 valence electrons. The zero-order chi connectivity index (χ0) is 17.3. The highest BCUT2D eigenvalue weighted by atomic mass is 16.5. The maximum atomic E-state index is 13.1. The Bertz CT molecular complexity index is 709. The molecule has 7 heteroatoms. The summed E-state index contributed by atoms with van der Waals surface area (Å²) in [5, 5.41) is 3.20. The third-order valence-corrected chi connectivity index (χ3v) is 5.58. The summed E-state index contributed by atoms with van der Waals surface area (Å²) in [6, 6.07) is 1.45. The number of carbonyl (C=O) groups excluding carboxylic acids is 1. The molecule has 3 aliphatic heterocycles. The van der Waals surface area contributed by atoms with Gasteiger partial charge in [-0.25, -0.2) is 0 Å². The van der Waals surface area contributed by atoms with Crippen molar-refractivity contribution in [3.63, 3.8) is 0 Å². The van der Waals surface area contributed by atoms with E-state index >= 15 is 0 Å². The summed E-state index contributed by atoms with van der Waals surface area (Å²) in [4.78, 5) is 29.7. The van der Waals surface area contributed by atoms with Crippen LogP contribution in [0.5, 0.6) is 0 Å². The summed E-state index contributed by atoms with van der Waals surface area (Å²) in [5.41, 5.74) is 1.08. The van der Waals surface area contributed by atoms with Crippen LogP contribution in [0, 0.1) is 0 Å². The number of fused-ring (bicyclic) bond motifs is 1. The molecule has 0 aliphatic carbocycles. The van der Waals surface area contributed by atoms with Gasteiger partial charge in [0.15, 0.2) is 0 Å². The van der Waals surface area contributed by atoms with Crippen molar-refractivity contribution in [2.24, 2.45) is 0 Å². The summed E-state index contributed by atoms with van der Waals surface area (Å²) in [6.45, 7) is 4.03. The van der Waals surface area contributed by atoms with Crippen molar-refractivity contribution >= 4 is 11.7 Å². The van der Waals surface area contributed by atoms with E-state index in [1.165, 1.54) is 6.07 Å². The van der Waals surface area contributed by atoms with Crippen molar-refractivity contribution in [3.8, 4) is 0 Å². The molecule has 0 radical (unpaired) electrons. The Morgan fingerprint density at radius 3 is 2.84 bits per heavy atom. The predicted octanol–water partition coefficient (Wildman–Crippen LogP) is 1.14. The molecule has 1 spiro atoms. The minimum absolute atomic E-state index is 0.0567. The molecule has 2 saturated heterocycles. The Labute approximate surface area is 146 Å². The quantitative estimate of drug-likeness (QED) is 0.796. The van der Waals surface area contributed by atoms with Crippen molar-refractivity contribution in [2.75, 3.05) is 44.8 Å². The second-order valence-corrected chi connectivity index (χ2v) is 7.12. The van der Waals surface area contributed by atoms with E-state index in [1.54, 1.807) is 0 Å². The molecule has 1 aromatic rings. The number of hydrogen-bond acceptors (Lipinski definition) is 5. The van der Waals surface area contributed by atoms with E-state index in [0.717, 1.165) is 57.4 Å². The number of hydrogen-bond donors (Lipinski definition) is 2. The Hall–Kier alpha value is -1.86. The molecule has 0 bridgehead atoms. The highest BCUT2D eigenvalue weighted by Crippen LogP contribution is 2.31. The Kier molecular flexibility index (Phi) is 4.52. The largest absolute Gasteiger partial charge is 0.381 e. The van der Waals surface area contributed by atoms with Crippen LogP contribution in [0.4, 0.5) is 5.82 Å². The SMILES string of the molecule is O=C(c1cc(=O)[nH]c2c1CCCN2)N1CCOC2(CCOCC2)CC1. The van der Waals surface area contributed by atoms with Gasteiger partial charge >= 0.3 is 0 Å². The average molecular weight is 347 g/mol. The number of carbonyl (C=O) groups is 1. The molecule has 4 rings (SSSR count). The molecular formula is C18H25N3O4. The zero-order valence-electron chi connectivity index (χ0n) is 14.4. The second kappa shape index (κ2) is 6.80. The third-order valence-electron chi connectivity index (χ3n) is 5.58. The third kappa shape index (κ3) is 3.30. The molecule has 4 heterocycles. The van der Waals surface area contributed by atoms with Gasteiger partial charge < -0.3 is 24.7 Å². The summed E-state index contributed by atoms with van der Waals surface area (Å²) in [6.07, 6.45) is 4.38. The first-order valence-electron chi connectivity index (χ1n) is 9.18. The maximum Gasteiger partial charge on any atom is 0.254 e. The van der Waals surface area contributed by atoms with E-state index < -0.39 is 0 Å². The number of amides is 1. The predicted molar refractivity (Wildman–Crippen MR) is 93.1 cm³/mol. The van der Waals surface area contributed by atoms with Gasteiger partial charge in [0.1, 0.15) is 5.82 Å². The highest BCUT2D eigenvalue weighted by molar-refractivity contribution is 5.97. The Balaban J connectivity index is 1.55. The fourth-order valence-electron chi connectivity index (χ4n) is 4.07. The van der Waals surface area contributed by atoms with E-state index in [-0.39, 0.29) is 17.1 Å².